The lowest BCUT2D eigenvalue weighted by atomic mass is 10.0. The van der Waals surface area contributed by atoms with Gasteiger partial charge in [-0.25, -0.2) is 13.1 Å². The summed E-state index contributed by atoms with van der Waals surface area (Å²) in [5.74, 6) is -0.552. The van der Waals surface area contributed by atoms with Crippen molar-refractivity contribution >= 4 is 15.7 Å². The number of nitrogens with zero attached hydrogens (tertiary/aromatic N) is 1. The Bertz CT molecular complexity index is 653. The zero-order chi connectivity index (χ0) is 15.7. The molecular weight excluding hydrogens is 296 g/mol. The van der Waals surface area contributed by atoms with Crippen molar-refractivity contribution in [3.63, 3.8) is 0 Å². The molecular formula is C13H18N2O5S. The molecule has 1 fully saturated rings. The molecule has 1 aliphatic carbocycles. The molecule has 0 saturated heterocycles. The van der Waals surface area contributed by atoms with Gasteiger partial charge in [0.2, 0.25) is 10.0 Å². The van der Waals surface area contributed by atoms with Crippen LogP contribution in [-0.4, -0.2) is 25.0 Å². The molecule has 0 atom stereocenters. The number of benzene rings is 1. The average Bonchev–Trinajstić information content (AvgIpc) is 3.17. The number of phenols is 1. The van der Waals surface area contributed by atoms with Crippen molar-refractivity contribution in [1.29, 1.82) is 0 Å². The van der Waals surface area contributed by atoms with Crippen LogP contribution in [0.15, 0.2) is 23.1 Å². The summed E-state index contributed by atoms with van der Waals surface area (Å²) in [6.07, 6.45) is 3.95. The number of phenolic OH excluding ortho intramolecular Hbond substituents is 1. The van der Waals surface area contributed by atoms with Crippen LogP contribution >= 0.6 is 0 Å². The number of nitrogens with one attached hydrogen (secondary N) is 1. The standard InChI is InChI=1S/C13H18N2O5S/c1-2-5-13(6-7-13)9-14-21(19,20)10-3-4-12(16)11(8-10)15(17)18/h3-4,8,14,16H,2,5-7,9H2,1H3. The van der Waals surface area contributed by atoms with Gasteiger partial charge >= 0.3 is 5.69 Å². The molecule has 1 aromatic rings. The topological polar surface area (TPSA) is 110 Å². The third-order valence-electron chi connectivity index (χ3n) is 3.83. The molecule has 1 aromatic carbocycles. The van der Waals surface area contributed by atoms with E-state index >= 15 is 0 Å². The summed E-state index contributed by atoms with van der Waals surface area (Å²) >= 11 is 0. The Labute approximate surface area is 123 Å². The van der Waals surface area contributed by atoms with E-state index in [-0.39, 0.29) is 10.3 Å². The first-order chi connectivity index (χ1) is 9.80. The molecule has 1 saturated carbocycles. The van der Waals surface area contributed by atoms with Gasteiger partial charge in [-0.2, -0.15) is 0 Å². The highest BCUT2D eigenvalue weighted by atomic mass is 32.2. The fraction of sp³-hybridized carbons (Fsp3) is 0.538. The van der Waals surface area contributed by atoms with Crippen molar-refractivity contribution in [3.05, 3.63) is 28.3 Å². The van der Waals surface area contributed by atoms with E-state index in [1.807, 2.05) is 0 Å². The Morgan fingerprint density at radius 3 is 2.62 bits per heavy atom. The summed E-state index contributed by atoms with van der Waals surface area (Å²) in [4.78, 5) is 9.72. The summed E-state index contributed by atoms with van der Waals surface area (Å²) in [5.41, 5.74) is -0.572. The second kappa shape index (κ2) is 5.61. The molecule has 21 heavy (non-hydrogen) atoms. The number of aromatic hydroxyl groups is 1. The summed E-state index contributed by atoms with van der Waals surface area (Å²) in [6, 6.07) is 3.05. The highest BCUT2D eigenvalue weighted by Gasteiger charge is 2.42. The maximum Gasteiger partial charge on any atom is 0.312 e. The molecule has 8 heteroatoms. The van der Waals surface area contributed by atoms with Gasteiger partial charge < -0.3 is 5.11 Å². The first-order valence-electron chi connectivity index (χ1n) is 6.77. The van der Waals surface area contributed by atoms with Crippen LogP contribution in [0.1, 0.15) is 32.6 Å². The fourth-order valence-corrected chi connectivity index (χ4v) is 3.55. The Balaban J connectivity index is 2.16. The van der Waals surface area contributed by atoms with Gasteiger partial charge in [0.15, 0.2) is 5.75 Å². The van der Waals surface area contributed by atoms with Crippen molar-refractivity contribution in [3.8, 4) is 5.75 Å². The summed E-state index contributed by atoms with van der Waals surface area (Å²) in [6.45, 7) is 2.40. The highest BCUT2D eigenvalue weighted by Crippen LogP contribution is 2.49. The van der Waals surface area contributed by atoms with E-state index in [9.17, 15) is 23.6 Å². The molecule has 0 spiro atoms. The maximum atomic E-state index is 12.2. The average molecular weight is 314 g/mol. The Morgan fingerprint density at radius 1 is 1.43 bits per heavy atom. The van der Waals surface area contributed by atoms with Crippen LogP contribution in [0.2, 0.25) is 0 Å². The number of nitro benzene ring substituents is 1. The minimum absolute atomic E-state index is 0.0463. The molecule has 0 unspecified atom stereocenters. The van der Waals surface area contributed by atoms with E-state index in [0.717, 1.165) is 43.9 Å². The Hall–Kier alpha value is -1.67. The molecule has 116 valence electrons. The lowest BCUT2D eigenvalue weighted by Crippen LogP contribution is -2.30. The third kappa shape index (κ3) is 3.51. The van der Waals surface area contributed by atoms with Gasteiger partial charge in [0.05, 0.1) is 9.82 Å². The third-order valence-corrected chi connectivity index (χ3v) is 5.23. The smallest absolute Gasteiger partial charge is 0.312 e. The molecule has 0 bridgehead atoms. The molecule has 0 heterocycles. The molecule has 1 aliphatic rings. The molecule has 0 aromatic heterocycles. The first-order valence-corrected chi connectivity index (χ1v) is 8.25. The van der Waals surface area contributed by atoms with E-state index in [2.05, 4.69) is 11.6 Å². The summed E-state index contributed by atoms with van der Waals surface area (Å²) in [5, 5.41) is 20.1. The number of hydrogen-bond acceptors (Lipinski definition) is 5. The largest absolute Gasteiger partial charge is 0.502 e. The Kier molecular flexibility index (Phi) is 4.20. The molecule has 0 radical (unpaired) electrons. The fourth-order valence-electron chi connectivity index (χ4n) is 2.37. The number of sulfonamides is 1. The molecule has 0 amide bonds. The van der Waals surface area contributed by atoms with E-state index in [0.29, 0.717) is 6.54 Å². The van der Waals surface area contributed by atoms with Crippen molar-refractivity contribution in [2.45, 2.75) is 37.5 Å². The van der Waals surface area contributed by atoms with Gasteiger partial charge in [-0.1, -0.05) is 13.3 Å². The van der Waals surface area contributed by atoms with Crippen molar-refractivity contribution < 1.29 is 18.4 Å². The molecule has 0 aliphatic heterocycles. The Morgan fingerprint density at radius 2 is 2.10 bits per heavy atom. The lowest BCUT2D eigenvalue weighted by Gasteiger charge is -2.15. The van der Waals surface area contributed by atoms with Gasteiger partial charge in [-0.15, -0.1) is 0 Å². The van der Waals surface area contributed by atoms with Gasteiger partial charge in [0.25, 0.3) is 0 Å². The van der Waals surface area contributed by atoms with Crippen molar-refractivity contribution in [1.82, 2.24) is 4.72 Å². The quantitative estimate of drug-likeness (QED) is 0.592. The monoisotopic (exact) mass is 314 g/mol. The van der Waals surface area contributed by atoms with Crippen LogP contribution in [0.25, 0.3) is 0 Å². The van der Waals surface area contributed by atoms with E-state index in [1.54, 1.807) is 0 Å². The normalized spacial score (nSPS) is 16.6. The van der Waals surface area contributed by atoms with Crippen LogP contribution in [0, 0.1) is 15.5 Å². The minimum Gasteiger partial charge on any atom is -0.502 e. The zero-order valence-corrected chi connectivity index (χ0v) is 12.5. The van der Waals surface area contributed by atoms with Gasteiger partial charge in [-0.05, 0) is 36.8 Å². The molecule has 2 N–H and O–H groups in total. The van der Waals surface area contributed by atoms with Gasteiger partial charge in [0, 0.05) is 12.6 Å². The summed E-state index contributed by atoms with van der Waals surface area (Å²) < 4.78 is 26.9. The van der Waals surface area contributed by atoms with E-state index in [4.69, 9.17) is 0 Å². The van der Waals surface area contributed by atoms with Crippen LogP contribution in [-0.2, 0) is 10.0 Å². The zero-order valence-electron chi connectivity index (χ0n) is 11.7. The van der Waals surface area contributed by atoms with Gasteiger partial charge in [-0.3, -0.25) is 10.1 Å². The van der Waals surface area contributed by atoms with Crippen LogP contribution < -0.4 is 4.72 Å². The van der Waals surface area contributed by atoms with Crippen LogP contribution in [0.3, 0.4) is 0 Å². The van der Waals surface area contributed by atoms with E-state index in [1.165, 1.54) is 0 Å². The predicted octanol–water partition coefficient (Wildman–Crippen LogP) is 2.16. The maximum absolute atomic E-state index is 12.2. The second-order valence-electron chi connectivity index (χ2n) is 5.48. The molecule has 7 nitrogen and oxygen atoms in total. The first kappa shape index (κ1) is 15.7. The van der Waals surface area contributed by atoms with Crippen LogP contribution in [0.4, 0.5) is 5.69 Å². The predicted molar refractivity (Wildman–Crippen MR) is 76.5 cm³/mol. The summed E-state index contributed by atoms with van der Waals surface area (Å²) in [7, 11) is -3.81. The SMILES string of the molecule is CCCC1(CNS(=O)(=O)c2ccc(O)c([N+](=O)[O-])c2)CC1. The second-order valence-corrected chi connectivity index (χ2v) is 7.25. The number of nitro groups is 1. The van der Waals surface area contributed by atoms with E-state index < -0.39 is 26.4 Å². The lowest BCUT2D eigenvalue weighted by molar-refractivity contribution is -0.386. The van der Waals surface area contributed by atoms with Crippen LogP contribution in [0.5, 0.6) is 5.75 Å². The minimum atomic E-state index is -3.81. The van der Waals surface area contributed by atoms with Crippen molar-refractivity contribution in [2.75, 3.05) is 6.54 Å². The van der Waals surface area contributed by atoms with Crippen molar-refractivity contribution in [2.24, 2.45) is 5.41 Å². The molecule has 2 rings (SSSR count). The highest BCUT2D eigenvalue weighted by molar-refractivity contribution is 7.89. The van der Waals surface area contributed by atoms with Gasteiger partial charge in [0.1, 0.15) is 0 Å². The number of hydrogen-bond donors (Lipinski definition) is 2. The number of rotatable bonds is 7.